The van der Waals surface area contributed by atoms with E-state index in [0.717, 1.165) is 201 Å². The molecule has 638 valence electrons. The quantitative estimate of drug-likeness (QED) is 0.0762. The average Bonchev–Trinajstić information content (AvgIpc) is 1.64. The fourth-order valence-electron chi connectivity index (χ4n) is 19.2. The molecule has 0 fully saturated rings. The summed E-state index contributed by atoms with van der Waals surface area (Å²) in [5.41, 5.74) is 28.9. The summed E-state index contributed by atoms with van der Waals surface area (Å²) in [5, 5.41) is 53.5. The second-order valence-corrected chi connectivity index (χ2v) is 34.4. The molecule has 0 aliphatic heterocycles. The SMILES string of the molecule is c1ccc2cc(N(c3ccc(-c4ccc(N(c5ccc(-n6nc7ccc(-c8ccc9c(ccc%10nn(-c%11ccc(N(c%12ccc(-c%13ccc(N(c%14ccc(-n%15nc%16ccc%17ccccc%17c%16n%15)cc%14)c%14ccc%15ccccc%15c%14)cc%13)cc%12)c%12ccc%13ccccc%13c%12)cc%11)nc%109)c8)cc7n6)cc5)c5ccc6ccccc6c5)cc4)cc3)c3ccc(-n4nc5ccccc5n4)cc3)ccc2c1. The first-order valence-corrected chi connectivity index (χ1v) is 45.5. The normalized spacial score (nSPS) is 11.7. The summed E-state index contributed by atoms with van der Waals surface area (Å²) in [5.74, 6) is 0. The van der Waals surface area contributed by atoms with Gasteiger partial charge in [0.15, 0.2) is 0 Å². The van der Waals surface area contributed by atoms with Gasteiger partial charge >= 0.3 is 0 Å². The first-order valence-electron chi connectivity index (χ1n) is 45.5. The van der Waals surface area contributed by atoms with Crippen molar-refractivity contribution in [1.29, 1.82) is 0 Å². The van der Waals surface area contributed by atoms with E-state index in [2.05, 4.69) is 456 Å². The molecule has 136 heavy (non-hydrogen) atoms. The van der Waals surface area contributed by atoms with Gasteiger partial charge in [0.25, 0.3) is 0 Å². The topological polar surface area (TPSA) is 136 Å². The van der Waals surface area contributed by atoms with Gasteiger partial charge in [0.2, 0.25) is 0 Å². The molecule has 16 nitrogen and oxygen atoms in total. The van der Waals surface area contributed by atoms with Crippen LogP contribution in [0.15, 0.2) is 473 Å². The third-order valence-electron chi connectivity index (χ3n) is 26.1. The van der Waals surface area contributed by atoms with Crippen LogP contribution in [0.1, 0.15) is 0 Å². The zero-order valence-electron chi connectivity index (χ0n) is 73.2. The average molecular weight is 1740 g/mol. The van der Waals surface area contributed by atoms with Crippen molar-refractivity contribution in [2.75, 3.05) is 19.6 Å². The molecule has 0 bridgehead atoms. The largest absolute Gasteiger partial charge is 0.310 e. The van der Waals surface area contributed by atoms with Crippen LogP contribution < -0.4 is 19.6 Å². The van der Waals surface area contributed by atoms with Gasteiger partial charge in [-0.15, -0.1) is 40.8 Å². The molecule has 0 amide bonds. The van der Waals surface area contributed by atoms with Crippen molar-refractivity contribution in [3.05, 3.63) is 473 Å². The number of rotatable bonds is 19. The fourth-order valence-corrected chi connectivity index (χ4v) is 19.2. The molecule has 0 aliphatic carbocycles. The van der Waals surface area contributed by atoms with Crippen molar-refractivity contribution < 1.29 is 0 Å². The van der Waals surface area contributed by atoms with Crippen LogP contribution in [0.3, 0.4) is 0 Å². The lowest BCUT2D eigenvalue weighted by atomic mass is 10.0. The smallest absolute Gasteiger partial charge is 0.121 e. The second kappa shape index (κ2) is 32.7. The summed E-state index contributed by atoms with van der Waals surface area (Å²) in [4.78, 5) is 16.2. The molecule has 0 spiro atoms. The number of fused-ring (bicyclic) bond motifs is 12. The Kier molecular flexibility index (Phi) is 18.8. The van der Waals surface area contributed by atoms with E-state index in [9.17, 15) is 0 Å². The van der Waals surface area contributed by atoms with Gasteiger partial charge in [-0.3, -0.25) is 0 Å². The molecular weight excluding hydrogens is 1670 g/mol. The highest BCUT2D eigenvalue weighted by Crippen LogP contribution is 2.45. The minimum Gasteiger partial charge on any atom is -0.310 e. The summed E-state index contributed by atoms with van der Waals surface area (Å²) in [7, 11) is 0. The van der Waals surface area contributed by atoms with Crippen LogP contribution in [-0.4, -0.2) is 60.0 Å². The molecular formula is C120H78N16. The lowest BCUT2D eigenvalue weighted by molar-refractivity contribution is 0.765. The molecule has 4 aromatic heterocycles. The van der Waals surface area contributed by atoms with Gasteiger partial charge in [-0.25, -0.2) is 0 Å². The van der Waals surface area contributed by atoms with E-state index in [1.165, 1.54) is 32.3 Å². The maximum absolute atomic E-state index is 5.20. The minimum absolute atomic E-state index is 0.787. The van der Waals surface area contributed by atoms with E-state index < -0.39 is 0 Å². The molecule has 0 atom stereocenters. The van der Waals surface area contributed by atoms with Crippen molar-refractivity contribution in [1.82, 2.24) is 60.0 Å². The number of hydrogen-bond donors (Lipinski definition) is 0. The number of anilines is 12. The van der Waals surface area contributed by atoms with Gasteiger partial charge in [-0.2, -0.15) is 19.2 Å². The molecule has 0 aliphatic rings. The summed E-state index contributed by atoms with van der Waals surface area (Å²) in [6.45, 7) is 0. The molecule has 22 aromatic carbocycles. The lowest BCUT2D eigenvalue weighted by Crippen LogP contribution is -2.10. The highest BCUT2D eigenvalue weighted by atomic mass is 15.5. The predicted octanol–water partition coefficient (Wildman–Crippen LogP) is 30.4. The standard InChI is InChI=1S/C120H78N16/c1-5-18-88-74-107(49-33-79(88)13-1)129(99-53-61-103(62-54-99)133-121-113-23-11-12-24-114(113)122-133)95-41-25-83(26-42-95)84-27-43-96(44-28-84)130(108-50-34-80-14-2-6-19-89(80)75-108)100-55-63-104(64-56-100)134-123-115-70-39-93(78-118(115)126-134)92-37-69-112-94(73-92)40-72-117-120(112)128-136(125-117)106-67-59-102(60-68-106)132(110-52-36-82-16-4-8-21-91(82)77-110)98-47-31-86(32-48-98)85-29-45-97(46-30-85)131(109-51-35-81-15-3-7-20-90(81)76-109)101-57-65-105(66-58-101)135-124-116-71-38-87-17-9-10-22-111(87)119(116)127-135/h1-78H. The first-order chi connectivity index (χ1) is 67.3. The Morgan fingerprint density at radius 3 is 0.713 bits per heavy atom. The van der Waals surface area contributed by atoms with E-state index in [4.69, 9.17) is 40.8 Å². The molecule has 0 saturated carbocycles. The Morgan fingerprint density at radius 2 is 0.360 bits per heavy atom. The molecule has 26 rings (SSSR count). The van der Waals surface area contributed by atoms with E-state index in [1.807, 2.05) is 36.4 Å². The third-order valence-corrected chi connectivity index (χ3v) is 26.1. The zero-order chi connectivity index (χ0) is 89.7. The van der Waals surface area contributed by atoms with Crippen LogP contribution in [0.5, 0.6) is 0 Å². The van der Waals surface area contributed by atoms with Gasteiger partial charge in [0, 0.05) is 79.0 Å². The van der Waals surface area contributed by atoms with Crippen molar-refractivity contribution in [2.24, 2.45) is 0 Å². The van der Waals surface area contributed by atoms with Crippen molar-refractivity contribution in [2.45, 2.75) is 0 Å². The number of hydrogen-bond acceptors (Lipinski definition) is 12. The predicted molar refractivity (Wildman–Crippen MR) is 556 cm³/mol. The van der Waals surface area contributed by atoms with Gasteiger partial charge in [-0.05, 0) is 324 Å². The molecule has 16 heteroatoms. The Labute approximate surface area is 780 Å². The van der Waals surface area contributed by atoms with Gasteiger partial charge in [0.1, 0.15) is 44.1 Å². The molecule has 0 N–H and O–H groups in total. The number of benzene rings is 22. The van der Waals surface area contributed by atoms with Gasteiger partial charge in [-0.1, -0.05) is 237 Å². The first kappa shape index (κ1) is 78.3. The number of aromatic nitrogens is 12. The van der Waals surface area contributed by atoms with Gasteiger partial charge < -0.3 is 19.6 Å². The summed E-state index contributed by atoms with van der Waals surface area (Å²) in [6, 6.07) is 167. The maximum Gasteiger partial charge on any atom is 0.121 e. The second-order valence-electron chi connectivity index (χ2n) is 34.4. The molecule has 0 saturated heterocycles. The van der Waals surface area contributed by atoms with Crippen molar-refractivity contribution in [3.63, 3.8) is 0 Å². The molecule has 26 aromatic rings. The highest BCUT2D eigenvalue weighted by molar-refractivity contribution is 6.07. The summed E-state index contributed by atoms with van der Waals surface area (Å²) in [6.07, 6.45) is 0. The third kappa shape index (κ3) is 14.4. The minimum atomic E-state index is 0.787. The van der Waals surface area contributed by atoms with Crippen LogP contribution in [0.25, 0.3) is 165 Å². The zero-order valence-corrected chi connectivity index (χ0v) is 73.2. The van der Waals surface area contributed by atoms with Gasteiger partial charge in [0.05, 0.1) is 22.7 Å². The monoisotopic (exact) mass is 1740 g/mol. The van der Waals surface area contributed by atoms with Crippen LogP contribution in [-0.2, 0) is 0 Å². The van der Waals surface area contributed by atoms with E-state index in [1.54, 1.807) is 19.2 Å². The van der Waals surface area contributed by atoms with Crippen molar-refractivity contribution in [3.8, 4) is 56.1 Å². The maximum atomic E-state index is 5.20. The Bertz CT molecular complexity index is 9080. The van der Waals surface area contributed by atoms with E-state index >= 15 is 0 Å². The van der Waals surface area contributed by atoms with Crippen LogP contribution in [0.2, 0.25) is 0 Å². The van der Waals surface area contributed by atoms with Crippen molar-refractivity contribution >= 4 is 177 Å². The molecule has 4 heterocycles. The van der Waals surface area contributed by atoms with E-state index in [0.29, 0.717) is 0 Å². The lowest BCUT2D eigenvalue weighted by Gasteiger charge is -2.27. The fraction of sp³-hybridized carbons (Fsp3) is 0. The highest BCUT2D eigenvalue weighted by Gasteiger charge is 2.23. The molecule has 0 unspecified atom stereocenters. The van der Waals surface area contributed by atoms with Crippen LogP contribution >= 0.6 is 0 Å². The summed E-state index contributed by atoms with van der Waals surface area (Å²) >= 11 is 0. The Balaban J connectivity index is 0.449. The Hall–Kier alpha value is -18.8. The Morgan fingerprint density at radius 1 is 0.132 bits per heavy atom. The van der Waals surface area contributed by atoms with Crippen LogP contribution in [0.4, 0.5) is 68.2 Å². The summed E-state index contributed by atoms with van der Waals surface area (Å²) < 4.78 is 0. The molecule has 0 radical (unpaired) electrons. The number of nitrogens with zero attached hydrogens (tertiary/aromatic N) is 16. The van der Waals surface area contributed by atoms with E-state index in [-0.39, 0.29) is 0 Å². The van der Waals surface area contributed by atoms with Crippen LogP contribution in [0, 0.1) is 0 Å².